The first-order valence-corrected chi connectivity index (χ1v) is 12.4. The van der Waals surface area contributed by atoms with E-state index in [-0.39, 0.29) is 5.95 Å². The Kier molecular flexibility index (Phi) is 5.00. The van der Waals surface area contributed by atoms with Crippen molar-refractivity contribution in [1.82, 2.24) is 0 Å². The van der Waals surface area contributed by atoms with Gasteiger partial charge in [-0.05, 0) is 49.2 Å². The van der Waals surface area contributed by atoms with Crippen LogP contribution in [0.4, 0.5) is 0 Å². The summed E-state index contributed by atoms with van der Waals surface area (Å²) in [6, 6.07) is 31.3. The van der Waals surface area contributed by atoms with E-state index in [2.05, 4.69) is 72.8 Å². The molecule has 1 heterocycles. The summed E-state index contributed by atoms with van der Waals surface area (Å²) in [7, 11) is -2.47. The van der Waals surface area contributed by atoms with Gasteiger partial charge in [0, 0.05) is 12.8 Å². The van der Waals surface area contributed by atoms with Crippen molar-refractivity contribution >= 4 is 23.2 Å². The second-order valence-electron chi connectivity index (χ2n) is 7.96. The lowest BCUT2D eigenvalue weighted by Crippen LogP contribution is -2.36. The first-order chi connectivity index (χ1) is 14.7. The van der Waals surface area contributed by atoms with Gasteiger partial charge in [0.05, 0.1) is 0 Å². The van der Waals surface area contributed by atoms with E-state index in [1.807, 2.05) is 18.2 Å². The SMILES string of the molecule is OC1=C([P+](c2ccccc2)(c2ccccc2)c2ccccc2)OC2(CCCCC2)O1. The highest BCUT2D eigenvalue weighted by Gasteiger charge is 2.60. The van der Waals surface area contributed by atoms with Gasteiger partial charge in [-0.15, -0.1) is 0 Å². The van der Waals surface area contributed by atoms with E-state index >= 15 is 0 Å². The maximum atomic E-state index is 11.2. The van der Waals surface area contributed by atoms with Crippen molar-refractivity contribution in [3.63, 3.8) is 0 Å². The van der Waals surface area contributed by atoms with Crippen molar-refractivity contribution in [2.45, 2.75) is 37.9 Å². The first-order valence-electron chi connectivity index (χ1n) is 10.6. The third-order valence-electron chi connectivity index (χ3n) is 6.10. The van der Waals surface area contributed by atoms with Crippen molar-refractivity contribution in [2.75, 3.05) is 0 Å². The molecule has 1 spiro atoms. The molecule has 0 saturated heterocycles. The highest BCUT2D eigenvalue weighted by Crippen LogP contribution is 2.66. The van der Waals surface area contributed by atoms with Crippen LogP contribution in [0.3, 0.4) is 0 Å². The number of hydrogen-bond acceptors (Lipinski definition) is 3. The molecule has 30 heavy (non-hydrogen) atoms. The van der Waals surface area contributed by atoms with Crippen LogP contribution in [0.2, 0.25) is 0 Å². The van der Waals surface area contributed by atoms with Crippen LogP contribution in [0, 0.1) is 0 Å². The third-order valence-corrected chi connectivity index (χ3v) is 10.2. The molecule has 1 N–H and O–H groups in total. The Bertz CT molecular complexity index is 929. The van der Waals surface area contributed by atoms with Crippen LogP contribution in [0.25, 0.3) is 0 Å². The molecule has 1 saturated carbocycles. The van der Waals surface area contributed by atoms with Crippen molar-refractivity contribution in [3.05, 3.63) is 102 Å². The van der Waals surface area contributed by atoms with E-state index in [1.165, 1.54) is 6.42 Å². The maximum absolute atomic E-state index is 11.2. The summed E-state index contributed by atoms with van der Waals surface area (Å²) < 4.78 is 12.8. The molecule has 0 amide bonds. The third kappa shape index (κ3) is 3.09. The molecule has 3 aromatic carbocycles. The number of benzene rings is 3. The average molecular weight is 417 g/mol. The van der Waals surface area contributed by atoms with Gasteiger partial charge >= 0.3 is 11.4 Å². The molecule has 0 bridgehead atoms. The van der Waals surface area contributed by atoms with Crippen LogP contribution < -0.4 is 15.9 Å². The molecule has 1 fully saturated rings. The van der Waals surface area contributed by atoms with Gasteiger partial charge in [0.2, 0.25) is 0 Å². The van der Waals surface area contributed by atoms with Crippen molar-refractivity contribution in [3.8, 4) is 0 Å². The zero-order valence-electron chi connectivity index (χ0n) is 16.9. The summed E-state index contributed by atoms with van der Waals surface area (Å²) in [6.07, 6.45) is 4.89. The number of hydrogen-bond donors (Lipinski definition) is 1. The molecule has 2 aliphatic rings. The molecule has 1 aliphatic heterocycles. The Hall–Kier alpha value is -2.77. The van der Waals surface area contributed by atoms with E-state index in [0.29, 0.717) is 5.50 Å². The average Bonchev–Trinajstić information content (AvgIpc) is 3.12. The summed E-state index contributed by atoms with van der Waals surface area (Å²) in [6.45, 7) is 0. The van der Waals surface area contributed by atoms with Gasteiger partial charge in [-0.1, -0.05) is 61.0 Å². The lowest BCUT2D eigenvalue weighted by molar-refractivity contribution is -0.184. The van der Waals surface area contributed by atoms with Gasteiger partial charge in [0.15, 0.2) is 7.26 Å². The topological polar surface area (TPSA) is 38.7 Å². The molecule has 0 unspecified atom stereocenters. The van der Waals surface area contributed by atoms with Crippen molar-refractivity contribution < 1.29 is 14.6 Å². The van der Waals surface area contributed by atoms with Crippen LogP contribution >= 0.6 is 7.26 Å². The molecule has 0 radical (unpaired) electrons. The van der Waals surface area contributed by atoms with E-state index in [0.717, 1.165) is 41.6 Å². The lowest BCUT2D eigenvalue weighted by Gasteiger charge is -2.33. The van der Waals surface area contributed by atoms with Gasteiger partial charge < -0.3 is 14.6 Å². The summed E-state index contributed by atoms with van der Waals surface area (Å²) in [4.78, 5) is 0. The number of aliphatic hydroxyl groups is 1. The Balaban J connectivity index is 1.78. The first kappa shape index (κ1) is 19.2. The summed E-state index contributed by atoms with van der Waals surface area (Å²) in [5, 5.41) is 14.6. The predicted molar refractivity (Wildman–Crippen MR) is 123 cm³/mol. The zero-order chi connectivity index (χ0) is 20.4. The quantitative estimate of drug-likeness (QED) is 0.580. The standard InChI is InChI=1S/C26H25O3P/c27-24-25(29-26(28-24)19-11-4-12-20-26)30(21-13-5-1-6-14-21,22-15-7-2-8-16-22)23-17-9-3-10-18-23/h1-3,5-10,13-18H,4,11-12,19-20H2/p+1. The van der Waals surface area contributed by atoms with Crippen LogP contribution in [-0.2, 0) is 9.47 Å². The van der Waals surface area contributed by atoms with E-state index in [9.17, 15) is 5.11 Å². The van der Waals surface area contributed by atoms with Gasteiger partial charge in [-0.2, -0.15) is 0 Å². The van der Waals surface area contributed by atoms with Crippen LogP contribution in [0.15, 0.2) is 102 Å². The fourth-order valence-electron chi connectivity index (χ4n) is 4.72. The second kappa shape index (κ2) is 7.81. The maximum Gasteiger partial charge on any atom is 0.365 e. The van der Waals surface area contributed by atoms with Gasteiger partial charge in [0.1, 0.15) is 15.9 Å². The van der Waals surface area contributed by atoms with Crippen LogP contribution in [-0.4, -0.2) is 10.9 Å². The fourth-order valence-corrected chi connectivity index (χ4v) is 8.81. The normalized spacial score (nSPS) is 18.1. The van der Waals surface area contributed by atoms with Gasteiger partial charge in [-0.25, -0.2) is 0 Å². The lowest BCUT2D eigenvalue weighted by atomic mass is 9.94. The number of rotatable bonds is 4. The molecule has 4 heteroatoms. The largest absolute Gasteiger partial charge is 0.476 e. The zero-order valence-corrected chi connectivity index (χ0v) is 17.8. The Morgan fingerprint density at radius 3 is 1.47 bits per heavy atom. The smallest absolute Gasteiger partial charge is 0.365 e. The Morgan fingerprint density at radius 2 is 1.03 bits per heavy atom. The second-order valence-corrected chi connectivity index (χ2v) is 11.3. The molecular formula is C26H26O3P+. The minimum atomic E-state index is -2.47. The predicted octanol–water partition coefficient (Wildman–Crippen LogP) is 5.37. The van der Waals surface area contributed by atoms with E-state index < -0.39 is 13.0 Å². The summed E-state index contributed by atoms with van der Waals surface area (Å²) in [5.74, 6) is -0.789. The highest BCUT2D eigenvalue weighted by atomic mass is 31.2. The fraction of sp³-hybridized carbons (Fsp3) is 0.231. The summed E-state index contributed by atoms with van der Waals surface area (Å²) in [5.41, 5.74) is 0.591. The molecule has 0 aromatic heterocycles. The highest BCUT2D eigenvalue weighted by molar-refractivity contribution is 7.98. The van der Waals surface area contributed by atoms with Crippen molar-refractivity contribution in [2.24, 2.45) is 0 Å². The molecule has 3 aromatic rings. The minimum Gasteiger partial charge on any atom is -0.476 e. The summed E-state index contributed by atoms with van der Waals surface area (Å²) >= 11 is 0. The molecular weight excluding hydrogens is 391 g/mol. The molecule has 5 rings (SSSR count). The number of ether oxygens (including phenoxy) is 2. The molecule has 3 nitrogen and oxygen atoms in total. The molecule has 152 valence electrons. The minimum absolute atomic E-state index is 0.0539. The van der Waals surface area contributed by atoms with Gasteiger partial charge in [-0.3, -0.25) is 0 Å². The monoisotopic (exact) mass is 417 g/mol. The van der Waals surface area contributed by atoms with Crippen molar-refractivity contribution in [1.29, 1.82) is 0 Å². The van der Waals surface area contributed by atoms with Crippen LogP contribution in [0.1, 0.15) is 32.1 Å². The Morgan fingerprint density at radius 1 is 0.600 bits per heavy atom. The van der Waals surface area contributed by atoms with Crippen LogP contribution in [0.5, 0.6) is 0 Å². The Labute approximate surface area is 178 Å². The van der Waals surface area contributed by atoms with E-state index in [4.69, 9.17) is 9.47 Å². The van der Waals surface area contributed by atoms with E-state index in [1.54, 1.807) is 0 Å². The molecule has 1 aliphatic carbocycles. The van der Waals surface area contributed by atoms with Gasteiger partial charge in [0.25, 0.3) is 5.79 Å². The number of aliphatic hydroxyl groups excluding tert-OH is 1. The molecule has 0 atom stereocenters.